The minimum atomic E-state index is -3.27. The summed E-state index contributed by atoms with van der Waals surface area (Å²) in [6, 6.07) is 6.05. The van der Waals surface area contributed by atoms with E-state index in [1.54, 1.807) is 19.1 Å². The molecule has 1 aromatic heterocycles. The molecule has 1 amide bonds. The SMILES string of the molecule is Cc1c(Oc2ccc(S(C)(=O)=O)cc2)ncnc1OC1CCN(C(=O)O)CC1. The maximum atomic E-state index is 11.5. The van der Waals surface area contributed by atoms with Gasteiger partial charge in [-0.25, -0.2) is 23.2 Å². The molecule has 1 aromatic carbocycles. The van der Waals surface area contributed by atoms with E-state index in [0.717, 1.165) is 6.26 Å². The number of hydrogen-bond acceptors (Lipinski definition) is 7. The third-order valence-electron chi connectivity index (χ3n) is 4.45. The molecule has 1 saturated heterocycles. The van der Waals surface area contributed by atoms with E-state index >= 15 is 0 Å². The predicted octanol–water partition coefficient (Wildman–Crippen LogP) is 2.50. The summed E-state index contributed by atoms with van der Waals surface area (Å²) < 4.78 is 34.7. The first-order valence-electron chi connectivity index (χ1n) is 8.68. The molecule has 0 unspecified atom stereocenters. The number of piperidine rings is 1. The van der Waals surface area contributed by atoms with Crippen molar-refractivity contribution in [2.75, 3.05) is 19.3 Å². The summed E-state index contributed by atoms with van der Waals surface area (Å²) in [4.78, 5) is 20.8. The minimum absolute atomic E-state index is 0.133. The van der Waals surface area contributed by atoms with Gasteiger partial charge in [-0.05, 0) is 31.2 Å². The Balaban J connectivity index is 1.69. The highest BCUT2D eigenvalue weighted by molar-refractivity contribution is 7.90. The van der Waals surface area contributed by atoms with E-state index in [4.69, 9.17) is 14.6 Å². The van der Waals surface area contributed by atoms with Gasteiger partial charge in [-0.2, -0.15) is 0 Å². The van der Waals surface area contributed by atoms with E-state index < -0.39 is 15.9 Å². The molecule has 1 fully saturated rings. The monoisotopic (exact) mass is 407 g/mol. The Morgan fingerprint density at radius 1 is 1.14 bits per heavy atom. The van der Waals surface area contributed by atoms with Gasteiger partial charge < -0.3 is 19.5 Å². The first kappa shape index (κ1) is 19.9. The van der Waals surface area contributed by atoms with Crippen LogP contribution in [0.1, 0.15) is 18.4 Å². The number of sulfone groups is 1. The Morgan fingerprint density at radius 3 is 2.32 bits per heavy atom. The number of likely N-dealkylation sites (tertiary alicyclic amines) is 1. The smallest absolute Gasteiger partial charge is 0.407 e. The largest absolute Gasteiger partial charge is 0.474 e. The van der Waals surface area contributed by atoms with Gasteiger partial charge >= 0.3 is 6.09 Å². The zero-order valence-electron chi connectivity index (χ0n) is 15.5. The fourth-order valence-corrected chi connectivity index (χ4v) is 3.46. The van der Waals surface area contributed by atoms with Crippen molar-refractivity contribution < 1.29 is 27.8 Å². The third-order valence-corrected chi connectivity index (χ3v) is 5.58. The second kappa shape index (κ2) is 8.01. The molecule has 0 bridgehead atoms. The van der Waals surface area contributed by atoms with Crippen molar-refractivity contribution in [2.45, 2.75) is 30.8 Å². The lowest BCUT2D eigenvalue weighted by molar-refractivity contribution is 0.0864. The van der Waals surface area contributed by atoms with Crippen molar-refractivity contribution in [1.29, 1.82) is 0 Å². The third kappa shape index (κ3) is 4.69. The highest BCUT2D eigenvalue weighted by Gasteiger charge is 2.24. The van der Waals surface area contributed by atoms with Crippen molar-refractivity contribution in [1.82, 2.24) is 14.9 Å². The maximum Gasteiger partial charge on any atom is 0.407 e. The molecule has 3 rings (SSSR count). The normalized spacial score (nSPS) is 15.3. The van der Waals surface area contributed by atoms with Crippen molar-refractivity contribution in [3.05, 3.63) is 36.2 Å². The average Bonchev–Trinajstić information content (AvgIpc) is 2.65. The Morgan fingerprint density at radius 2 is 1.75 bits per heavy atom. The van der Waals surface area contributed by atoms with Crippen LogP contribution in [0.25, 0.3) is 0 Å². The first-order valence-corrected chi connectivity index (χ1v) is 10.6. The molecule has 150 valence electrons. The van der Waals surface area contributed by atoms with Crippen LogP contribution in [0.15, 0.2) is 35.5 Å². The van der Waals surface area contributed by atoms with E-state index in [9.17, 15) is 13.2 Å². The summed E-state index contributed by atoms with van der Waals surface area (Å²) >= 11 is 0. The minimum Gasteiger partial charge on any atom is -0.474 e. The lowest BCUT2D eigenvalue weighted by Gasteiger charge is -2.30. The Kier molecular flexibility index (Phi) is 5.68. The highest BCUT2D eigenvalue weighted by Crippen LogP contribution is 2.29. The lowest BCUT2D eigenvalue weighted by atomic mass is 10.1. The van der Waals surface area contributed by atoms with Gasteiger partial charge in [-0.3, -0.25) is 0 Å². The molecule has 2 aromatic rings. The number of carboxylic acid groups (broad SMARTS) is 1. The van der Waals surface area contributed by atoms with Gasteiger partial charge in [-0.1, -0.05) is 0 Å². The van der Waals surface area contributed by atoms with Gasteiger partial charge in [0, 0.05) is 32.2 Å². The fraction of sp³-hybridized carbons (Fsp3) is 0.389. The molecule has 1 N–H and O–H groups in total. The van der Waals surface area contributed by atoms with E-state index in [2.05, 4.69) is 9.97 Å². The number of benzene rings is 1. The van der Waals surface area contributed by atoms with Gasteiger partial charge in [0.2, 0.25) is 11.8 Å². The topological polar surface area (TPSA) is 119 Å². The van der Waals surface area contributed by atoms with Crippen LogP contribution >= 0.6 is 0 Å². The average molecular weight is 407 g/mol. The number of aromatic nitrogens is 2. The number of ether oxygens (including phenoxy) is 2. The van der Waals surface area contributed by atoms with Gasteiger partial charge in [0.25, 0.3) is 0 Å². The molecule has 2 heterocycles. The maximum absolute atomic E-state index is 11.5. The molecule has 1 aliphatic heterocycles. The second-order valence-corrected chi connectivity index (χ2v) is 8.56. The number of hydrogen-bond donors (Lipinski definition) is 1. The van der Waals surface area contributed by atoms with Crippen LogP contribution in [0, 0.1) is 6.92 Å². The zero-order valence-corrected chi connectivity index (χ0v) is 16.3. The van der Waals surface area contributed by atoms with E-state index in [-0.39, 0.29) is 11.0 Å². The standard InChI is InChI=1S/C18H21N3O6S/c1-12-16(26-13-3-5-15(6-4-13)28(2,24)25)19-11-20-17(12)27-14-7-9-21(10-8-14)18(22)23/h3-6,11,14H,7-10H2,1-2H3,(H,22,23). The van der Waals surface area contributed by atoms with Gasteiger partial charge in [0.1, 0.15) is 18.2 Å². The molecule has 0 saturated carbocycles. The van der Waals surface area contributed by atoms with Crippen LogP contribution in [-0.2, 0) is 9.84 Å². The Hall–Kier alpha value is -2.88. The number of amides is 1. The number of rotatable bonds is 5. The Labute approximate surface area is 162 Å². The molecule has 0 spiro atoms. The molecule has 0 atom stereocenters. The zero-order chi connectivity index (χ0) is 20.3. The van der Waals surface area contributed by atoms with Crippen LogP contribution in [0.5, 0.6) is 17.5 Å². The van der Waals surface area contributed by atoms with E-state index in [0.29, 0.717) is 49.0 Å². The van der Waals surface area contributed by atoms with Crippen LogP contribution < -0.4 is 9.47 Å². The molecule has 1 aliphatic rings. The number of carbonyl (C=O) groups is 1. The summed E-state index contributed by atoms with van der Waals surface area (Å²) in [6.45, 7) is 2.60. The fourth-order valence-electron chi connectivity index (χ4n) is 2.83. The van der Waals surface area contributed by atoms with Crippen molar-refractivity contribution in [3.8, 4) is 17.5 Å². The highest BCUT2D eigenvalue weighted by atomic mass is 32.2. The second-order valence-electron chi connectivity index (χ2n) is 6.54. The summed E-state index contributed by atoms with van der Waals surface area (Å²) in [6.07, 6.45) is 2.58. The molecule has 0 aliphatic carbocycles. The van der Waals surface area contributed by atoms with Crippen LogP contribution in [-0.4, -0.2) is 59.9 Å². The quantitative estimate of drug-likeness (QED) is 0.803. The summed E-state index contributed by atoms with van der Waals surface area (Å²) in [5, 5.41) is 9.01. The van der Waals surface area contributed by atoms with E-state index in [1.165, 1.54) is 23.4 Å². The summed E-state index contributed by atoms with van der Waals surface area (Å²) in [7, 11) is -3.27. The lowest BCUT2D eigenvalue weighted by Crippen LogP contribution is -2.41. The molecule has 10 heteroatoms. The van der Waals surface area contributed by atoms with Gasteiger partial charge in [-0.15, -0.1) is 0 Å². The molecular weight excluding hydrogens is 386 g/mol. The van der Waals surface area contributed by atoms with Crippen molar-refractivity contribution >= 4 is 15.9 Å². The van der Waals surface area contributed by atoms with Gasteiger partial charge in [0.15, 0.2) is 9.84 Å². The van der Waals surface area contributed by atoms with Gasteiger partial charge in [0.05, 0.1) is 10.5 Å². The van der Waals surface area contributed by atoms with E-state index in [1.807, 2.05) is 0 Å². The van der Waals surface area contributed by atoms with Crippen molar-refractivity contribution in [3.63, 3.8) is 0 Å². The first-order chi connectivity index (χ1) is 13.2. The molecular formula is C18H21N3O6S. The summed E-state index contributed by atoms with van der Waals surface area (Å²) in [5.74, 6) is 1.13. The van der Waals surface area contributed by atoms with Crippen LogP contribution in [0.2, 0.25) is 0 Å². The number of nitrogens with zero attached hydrogens (tertiary/aromatic N) is 3. The molecule has 9 nitrogen and oxygen atoms in total. The predicted molar refractivity (Wildman–Crippen MR) is 99.6 cm³/mol. The van der Waals surface area contributed by atoms with Crippen molar-refractivity contribution in [2.24, 2.45) is 0 Å². The van der Waals surface area contributed by atoms with Crippen LogP contribution in [0.3, 0.4) is 0 Å². The van der Waals surface area contributed by atoms with Crippen LogP contribution in [0.4, 0.5) is 4.79 Å². The molecule has 0 radical (unpaired) electrons. The summed E-state index contributed by atoms with van der Waals surface area (Å²) in [5.41, 5.74) is 0.607. The Bertz CT molecular complexity index is 954. The molecule has 28 heavy (non-hydrogen) atoms.